The van der Waals surface area contributed by atoms with Crippen molar-refractivity contribution < 1.29 is 14.3 Å². The first-order chi connectivity index (χ1) is 9.95. The molecule has 0 atom stereocenters. The fourth-order valence-electron chi connectivity index (χ4n) is 1.78. The van der Waals surface area contributed by atoms with Crippen molar-refractivity contribution in [3.05, 3.63) is 34.9 Å². The second kappa shape index (κ2) is 8.81. The molecule has 1 aromatic carbocycles. The van der Waals surface area contributed by atoms with Gasteiger partial charge in [-0.1, -0.05) is 29.8 Å². The highest BCUT2D eigenvalue weighted by Gasteiger charge is 2.20. The van der Waals surface area contributed by atoms with Gasteiger partial charge in [0, 0.05) is 25.0 Å². The molecule has 1 aromatic rings. The largest absolute Gasteiger partial charge is 0.472 e. The number of rotatable bonds is 7. The van der Waals surface area contributed by atoms with E-state index in [0.29, 0.717) is 24.0 Å². The molecule has 0 spiro atoms. The van der Waals surface area contributed by atoms with Crippen LogP contribution in [0.5, 0.6) is 0 Å². The summed E-state index contributed by atoms with van der Waals surface area (Å²) in [5.74, 6) is -0.0288. The number of carbonyl (C=O) groups is 2. The summed E-state index contributed by atoms with van der Waals surface area (Å²) in [5.41, 5.74) is 0.614. The monoisotopic (exact) mass is 327 g/mol. The molecule has 0 saturated carbocycles. The number of nitrogens with two attached hydrogens (primary N) is 1. The van der Waals surface area contributed by atoms with E-state index in [1.165, 1.54) is 7.11 Å². The predicted molar refractivity (Wildman–Crippen MR) is 84.6 cm³/mol. The van der Waals surface area contributed by atoms with Crippen LogP contribution >= 0.6 is 11.6 Å². The Kier molecular flexibility index (Phi) is 7.42. The van der Waals surface area contributed by atoms with Gasteiger partial charge in [0.15, 0.2) is 0 Å². The topological polar surface area (TPSA) is 72.6 Å². The number of hydrogen-bond donors (Lipinski definition) is 1. The van der Waals surface area contributed by atoms with Crippen molar-refractivity contribution >= 4 is 32.1 Å². The van der Waals surface area contributed by atoms with Crippen LogP contribution in [0.1, 0.15) is 12.0 Å². The second-order valence-electron chi connectivity index (χ2n) is 4.67. The molecule has 1 radical (unpaired) electrons. The standard InChI is InChI=1S/C14H20ClN2O3Si/c1-17(9-7-11-5-3-4-6-12(11)15)13(18)8-10-21(16)14(19)20-2/h3-6H,7-10,16H2,1-2H3. The number of amides is 1. The van der Waals surface area contributed by atoms with Crippen LogP contribution in [0.15, 0.2) is 24.3 Å². The Balaban J connectivity index is 2.38. The molecule has 0 bridgehead atoms. The number of hydrogen-bond acceptors (Lipinski definition) is 4. The molecule has 0 aliphatic heterocycles. The van der Waals surface area contributed by atoms with E-state index in [9.17, 15) is 9.59 Å². The maximum atomic E-state index is 12.0. The van der Waals surface area contributed by atoms with Crippen molar-refractivity contribution in [2.24, 2.45) is 5.40 Å². The number of ether oxygens (including phenoxy) is 1. The van der Waals surface area contributed by atoms with E-state index in [2.05, 4.69) is 4.74 Å². The smallest absolute Gasteiger partial charge is 0.288 e. The molecule has 115 valence electrons. The molecule has 0 aromatic heterocycles. The summed E-state index contributed by atoms with van der Waals surface area (Å²) in [6, 6.07) is 7.95. The zero-order chi connectivity index (χ0) is 15.8. The number of nitrogens with zero attached hydrogens (tertiary/aromatic N) is 1. The molecule has 21 heavy (non-hydrogen) atoms. The minimum Gasteiger partial charge on any atom is -0.472 e. The highest BCUT2D eigenvalue weighted by molar-refractivity contribution is 6.86. The third-order valence-electron chi connectivity index (χ3n) is 3.16. The molecule has 0 aliphatic carbocycles. The Morgan fingerprint density at radius 1 is 1.38 bits per heavy atom. The van der Waals surface area contributed by atoms with Crippen LogP contribution in [-0.2, 0) is 16.0 Å². The predicted octanol–water partition coefficient (Wildman–Crippen LogP) is 2.03. The van der Waals surface area contributed by atoms with Crippen molar-refractivity contribution in [3.63, 3.8) is 0 Å². The van der Waals surface area contributed by atoms with Crippen molar-refractivity contribution in [2.75, 3.05) is 20.7 Å². The average molecular weight is 328 g/mol. The quantitative estimate of drug-likeness (QED) is 0.778. The first-order valence-corrected chi connectivity index (χ1v) is 8.79. The van der Waals surface area contributed by atoms with Gasteiger partial charge in [-0.15, -0.1) is 0 Å². The van der Waals surface area contributed by atoms with Crippen LogP contribution in [0, 0.1) is 0 Å². The Labute approximate surface area is 131 Å². The summed E-state index contributed by atoms with van der Waals surface area (Å²) in [4.78, 5) is 24.8. The van der Waals surface area contributed by atoms with Gasteiger partial charge < -0.3 is 15.0 Å². The summed E-state index contributed by atoms with van der Waals surface area (Å²) < 4.78 is 4.57. The molecule has 2 N–H and O–H groups in total. The van der Waals surface area contributed by atoms with E-state index in [0.717, 1.165) is 5.56 Å². The normalized spacial score (nSPS) is 10.5. The van der Waals surface area contributed by atoms with Crippen LogP contribution in [0.25, 0.3) is 0 Å². The minimum absolute atomic E-state index is 0.0288. The molecule has 0 saturated heterocycles. The molecule has 1 rings (SSSR count). The van der Waals surface area contributed by atoms with Crippen molar-refractivity contribution in [2.45, 2.75) is 18.9 Å². The fraction of sp³-hybridized carbons (Fsp3) is 0.429. The van der Waals surface area contributed by atoms with Gasteiger partial charge in [0.1, 0.15) is 0 Å². The van der Waals surface area contributed by atoms with Gasteiger partial charge in [0.2, 0.25) is 5.91 Å². The Morgan fingerprint density at radius 3 is 2.67 bits per heavy atom. The Morgan fingerprint density at radius 2 is 2.05 bits per heavy atom. The molecule has 0 unspecified atom stereocenters. The molecule has 0 aliphatic rings. The first-order valence-electron chi connectivity index (χ1n) is 6.62. The molecule has 5 nitrogen and oxygen atoms in total. The van der Waals surface area contributed by atoms with Gasteiger partial charge in [0.25, 0.3) is 14.6 Å². The number of methoxy groups -OCH3 is 1. The van der Waals surface area contributed by atoms with Gasteiger partial charge in [-0.25, -0.2) is 0 Å². The highest BCUT2D eigenvalue weighted by Crippen LogP contribution is 2.15. The van der Waals surface area contributed by atoms with E-state index in [-0.39, 0.29) is 12.3 Å². The van der Waals surface area contributed by atoms with Gasteiger partial charge >= 0.3 is 0 Å². The highest BCUT2D eigenvalue weighted by atomic mass is 35.5. The van der Waals surface area contributed by atoms with Gasteiger partial charge in [-0.3, -0.25) is 9.59 Å². The average Bonchev–Trinajstić information content (AvgIpc) is 2.50. The van der Waals surface area contributed by atoms with Crippen molar-refractivity contribution in [3.8, 4) is 0 Å². The lowest BCUT2D eigenvalue weighted by atomic mass is 10.1. The third-order valence-corrected chi connectivity index (χ3v) is 5.04. The zero-order valence-electron chi connectivity index (χ0n) is 12.3. The van der Waals surface area contributed by atoms with Crippen molar-refractivity contribution in [1.29, 1.82) is 0 Å². The minimum atomic E-state index is -1.75. The Hall–Kier alpha value is -1.37. The summed E-state index contributed by atoms with van der Waals surface area (Å²) in [6.07, 6.45) is 0.957. The first kappa shape index (κ1) is 17.7. The van der Waals surface area contributed by atoms with E-state index in [4.69, 9.17) is 17.0 Å². The zero-order valence-corrected chi connectivity index (χ0v) is 14.0. The van der Waals surface area contributed by atoms with Gasteiger partial charge in [-0.2, -0.15) is 0 Å². The third kappa shape index (κ3) is 5.87. The summed E-state index contributed by atoms with van der Waals surface area (Å²) in [6.45, 7) is 0.577. The lowest BCUT2D eigenvalue weighted by Gasteiger charge is -2.18. The Bertz CT molecular complexity index is 499. The molecule has 0 fully saturated rings. The lowest BCUT2D eigenvalue weighted by molar-refractivity contribution is -0.129. The van der Waals surface area contributed by atoms with E-state index >= 15 is 0 Å². The molecule has 7 heteroatoms. The number of benzene rings is 1. The summed E-state index contributed by atoms with van der Waals surface area (Å²) >= 11 is 6.07. The number of likely N-dealkylation sites (N-methyl/N-ethyl adjacent to an activating group) is 1. The number of halogens is 1. The maximum absolute atomic E-state index is 12.0. The summed E-state index contributed by atoms with van der Waals surface area (Å²) in [7, 11) is 1.29. The molecule has 0 heterocycles. The van der Waals surface area contributed by atoms with Crippen molar-refractivity contribution in [1.82, 2.24) is 4.90 Å². The van der Waals surface area contributed by atoms with Crippen LogP contribution in [0.3, 0.4) is 0 Å². The maximum Gasteiger partial charge on any atom is 0.288 e. The molecular formula is C14H20ClN2O3Si. The molecule has 1 amide bonds. The fourth-order valence-corrected chi connectivity index (χ4v) is 2.96. The lowest BCUT2D eigenvalue weighted by Crippen LogP contribution is -2.38. The second-order valence-corrected chi connectivity index (χ2v) is 7.04. The van der Waals surface area contributed by atoms with E-state index in [1.54, 1.807) is 11.9 Å². The van der Waals surface area contributed by atoms with Gasteiger partial charge in [0.05, 0.1) is 7.11 Å². The van der Waals surface area contributed by atoms with Crippen LogP contribution in [0.2, 0.25) is 11.1 Å². The molecular weight excluding hydrogens is 308 g/mol. The SMILES string of the molecule is COC(=O)[Si](N)CCC(=O)N(C)CCc1ccccc1Cl. The van der Waals surface area contributed by atoms with Crippen LogP contribution in [-0.4, -0.2) is 46.1 Å². The summed E-state index contributed by atoms with van der Waals surface area (Å²) in [5, 5.41) is 6.41. The van der Waals surface area contributed by atoms with E-state index in [1.807, 2.05) is 24.3 Å². The number of carbonyl (C=O) groups excluding carboxylic acids is 2. The van der Waals surface area contributed by atoms with Crippen LogP contribution < -0.4 is 5.40 Å². The van der Waals surface area contributed by atoms with E-state index < -0.39 is 14.6 Å². The van der Waals surface area contributed by atoms with Crippen LogP contribution in [0.4, 0.5) is 4.79 Å². The van der Waals surface area contributed by atoms with Gasteiger partial charge in [-0.05, 0) is 24.1 Å².